The minimum Gasteiger partial charge on any atom is -0.469 e. The Hall–Kier alpha value is -1.93. The number of aryl methyl sites for hydroxylation is 1. The van der Waals surface area contributed by atoms with Gasteiger partial charge in [-0.3, -0.25) is 15.6 Å². The Balaban J connectivity index is 2.07. The van der Waals surface area contributed by atoms with Crippen LogP contribution in [-0.2, 0) is 9.53 Å². The molecule has 0 aromatic heterocycles. The lowest BCUT2D eigenvalue weighted by molar-refractivity contribution is -0.140. The van der Waals surface area contributed by atoms with E-state index < -0.39 is 0 Å². The van der Waals surface area contributed by atoms with Crippen LogP contribution in [0.15, 0.2) is 24.3 Å². The number of ether oxygens (including phenoxy) is 1. The van der Waals surface area contributed by atoms with Gasteiger partial charge < -0.3 is 15.4 Å². The van der Waals surface area contributed by atoms with Crippen LogP contribution in [0.3, 0.4) is 0 Å². The van der Waals surface area contributed by atoms with Gasteiger partial charge in [0.2, 0.25) is 0 Å². The molecule has 0 atom stereocenters. The van der Waals surface area contributed by atoms with Gasteiger partial charge in [-0.05, 0) is 56.3 Å². The van der Waals surface area contributed by atoms with E-state index in [2.05, 4.69) is 26.2 Å². The highest BCUT2D eigenvalue weighted by Gasteiger charge is 2.01. The fraction of sp³-hybridized carbons (Fsp3) is 0.438. The monoisotopic (exact) mass is 368 g/mol. The normalized spacial score (nSPS) is 9.75. The molecule has 0 fully saturated rings. The summed E-state index contributed by atoms with van der Waals surface area (Å²) in [6, 6.07) is 7.91. The van der Waals surface area contributed by atoms with Gasteiger partial charge in [-0.25, -0.2) is 0 Å². The maximum absolute atomic E-state index is 11.0. The van der Waals surface area contributed by atoms with Crippen LogP contribution in [0, 0.1) is 6.92 Å². The molecule has 0 radical (unpaired) electrons. The fourth-order valence-electron chi connectivity index (χ4n) is 1.83. The zero-order valence-electron chi connectivity index (χ0n) is 14.0. The number of anilines is 1. The molecule has 0 aliphatic heterocycles. The van der Waals surface area contributed by atoms with Crippen LogP contribution >= 0.6 is 24.4 Å². The lowest BCUT2D eigenvalue weighted by atomic mass is 10.2. The third-order valence-corrected chi connectivity index (χ3v) is 3.62. The van der Waals surface area contributed by atoms with E-state index in [1.165, 1.54) is 12.7 Å². The molecular weight excluding hydrogens is 344 g/mol. The standard InChI is InChI=1S/C16H24N4O2S2/c1-12-7-9-13(10-8-12)18-16(24)20-19-15(23)17-11-5-3-4-6-14(21)22-2/h7-10H,3-6,11H2,1-2H3,(H2,17,19,23)(H2,18,20,24). The van der Waals surface area contributed by atoms with E-state index in [1.807, 2.05) is 31.2 Å². The lowest BCUT2D eigenvalue weighted by Crippen LogP contribution is -2.48. The molecule has 0 saturated heterocycles. The second-order valence-electron chi connectivity index (χ2n) is 5.21. The predicted molar refractivity (Wildman–Crippen MR) is 105 cm³/mol. The van der Waals surface area contributed by atoms with Gasteiger partial charge >= 0.3 is 5.97 Å². The highest BCUT2D eigenvalue weighted by Crippen LogP contribution is 2.07. The largest absolute Gasteiger partial charge is 0.469 e. The van der Waals surface area contributed by atoms with Crippen molar-refractivity contribution in [1.82, 2.24) is 16.2 Å². The lowest BCUT2D eigenvalue weighted by Gasteiger charge is -2.14. The summed E-state index contributed by atoms with van der Waals surface area (Å²) in [4.78, 5) is 11.0. The van der Waals surface area contributed by atoms with Crippen molar-refractivity contribution in [3.05, 3.63) is 29.8 Å². The maximum atomic E-state index is 11.0. The molecule has 1 aromatic carbocycles. The zero-order chi connectivity index (χ0) is 17.8. The van der Waals surface area contributed by atoms with Gasteiger partial charge in [0, 0.05) is 18.7 Å². The molecule has 8 heteroatoms. The third kappa shape index (κ3) is 9.26. The average molecular weight is 369 g/mol. The highest BCUT2D eigenvalue weighted by molar-refractivity contribution is 7.80. The molecule has 0 amide bonds. The van der Waals surface area contributed by atoms with Gasteiger partial charge in [0.25, 0.3) is 0 Å². The van der Waals surface area contributed by atoms with Gasteiger partial charge in [0.05, 0.1) is 7.11 Å². The summed E-state index contributed by atoms with van der Waals surface area (Å²) in [5.41, 5.74) is 7.75. The Morgan fingerprint density at radius 3 is 2.38 bits per heavy atom. The van der Waals surface area contributed by atoms with Crippen LogP contribution in [0.4, 0.5) is 5.69 Å². The van der Waals surface area contributed by atoms with E-state index >= 15 is 0 Å². The van der Waals surface area contributed by atoms with Crippen LogP contribution < -0.4 is 21.5 Å². The second kappa shape index (κ2) is 11.6. The average Bonchev–Trinajstić information content (AvgIpc) is 2.57. The van der Waals surface area contributed by atoms with Gasteiger partial charge in [-0.1, -0.05) is 24.1 Å². The smallest absolute Gasteiger partial charge is 0.305 e. The Labute approximate surface area is 153 Å². The summed E-state index contributed by atoms with van der Waals surface area (Å²) in [6.45, 7) is 2.76. The molecule has 0 spiro atoms. The Morgan fingerprint density at radius 1 is 1.04 bits per heavy atom. The number of carbonyl (C=O) groups excluding carboxylic acids is 1. The molecule has 4 N–H and O–H groups in total. The summed E-state index contributed by atoms with van der Waals surface area (Å²) in [5.74, 6) is -0.168. The summed E-state index contributed by atoms with van der Waals surface area (Å²) in [6.07, 6.45) is 3.13. The maximum Gasteiger partial charge on any atom is 0.305 e. The number of carbonyl (C=O) groups is 1. The predicted octanol–water partition coefficient (Wildman–Crippen LogP) is 2.39. The van der Waals surface area contributed by atoms with E-state index in [1.54, 1.807) is 0 Å². The first-order valence-corrected chi connectivity index (χ1v) is 8.57. The number of nitrogens with one attached hydrogen (secondary N) is 4. The van der Waals surface area contributed by atoms with Crippen LogP contribution in [0.5, 0.6) is 0 Å². The summed E-state index contributed by atoms with van der Waals surface area (Å²) in [7, 11) is 1.40. The number of unbranched alkanes of at least 4 members (excludes halogenated alkanes) is 2. The van der Waals surface area contributed by atoms with E-state index in [9.17, 15) is 4.79 Å². The Kier molecular flexibility index (Phi) is 9.71. The molecular formula is C16H24N4O2S2. The summed E-state index contributed by atoms with van der Waals surface area (Å²) in [5, 5.41) is 7.02. The van der Waals surface area contributed by atoms with Crippen molar-refractivity contribution in [3.8, 4) is 0 Å². The highest BCUT2D eigenvalue weighted by atomic mass is 32.1. The van der Waals surface area contributed by atoms with Gasteiger partial charge in [-0.15, -0.1) is 0 Å². The molecule has 0 bridgehead atoms. The topological polar surface area (TPSA) is 74.4 Å². The molecule has 24 heavy (non-hydrogen) atoms. The van der Waals surface area contributed by atoms with E-state index in [-0.39, 0.29) is 5.97 Å². The van der Waals surface area contributed by atoms with Crippen LogP contribution in [0.25, 0.3) is 0 Å². The first-order valence-electron chi connectivity index (χ1n) is 7.75. The quantitative estimate of drug-likeness (QED) is 0.253. The molecule has 6 nitrogen and oxygen atoms in total. The molecule has 0 unspecified atom stereocenters. The second-order valence-corrected chi connectivity index (χ2v) is 6.03. The molecule has 0 aliphatic rings. The van der Waals surface area contributed by atoms with E-state index in [4.69, 9.17) is 24.4 Å². The van der Waals surface area contributed by atoms with Crippen LogP contribution in [0.2, 0.25) is 0 Å². The third-order valence-electron chi connectivity index (χ3n) is 3.17. The molecule has 0 heterocycles. The number of thiocarbonyl (C=S) groups is 2. The zero-order valence-corrected chi connectivity index (χ0v) is 15.6. The van der Waals surface area contributed by atoms with Crippen LogP contribution in [-0.4, -0.2) is 29.8 Å². The van der Waals surface area contributed by atoms with E-state index in [0.29, 0.717) is 16.6 Å². The number of hydrogen-bond acceptors (Lipinski definition) is 4. The number of methoxy groups -OCH3 is 1. The summed E-state index contributed by atoms with van der Waals surface area (Å²) < 4.78 is 4.59. The number of benzene rings is 1. The van der Waals surface area contributed by atoms with Crippen molar-refractivity contribution < 1.29 is 9.53 Å². The molecule has 0 saturated carbocycles. The number of rotatable bonds is 7. The number of hydrazine groups is 1. The van der Waals surface area contributed by atoms with E-state index in [0.717, 1.165) is 31.5 Å². The Morgan fingerprint density at radius 2 is 1.71 bits per heavy atom. The first kappa shape index (κ1) is 20.1. The minimum absolute atomic E-state index is 0.168. The van der Waals surface area contributed by atoms with Gasteiger partial charge in [-0.2, -0.15) is 0 Å². The summed E-state index contributed by atoms with van der Waals surface area (Å²) >= 11 is 10.3. The molecule has 1 aromatic rings. The SMILES string of the molecule is COC(=O)CCCCCNC(=S)NNC(=S)Nc1ccc(C)cc1. The minimum atomic E-state index is -0.168. The first-order chi connectivity index (χ1) is 11.5. The van der Waals surface area contributed by atoms with Crippen molar-refractivity contribution >= 4 is 46.3 Å². The van der Waals surface area contributed by atoms with Crippen molar-refractivity contribution in [3.63, 3.8) is 0 Å². The van der Waals surface area contributed by atoms with Crippen LogP contribution in [0.1, 0.15) is 31.2 Å². The number of esters is 1. The molecule has 1 rings (SSSR count). The van der Waals surface area contributed by atoms with Crippen molar-refractivity contribution in [2.24, 2.45) is 0 Å². The van der Waals surface area contributed by atoms with Gasteiger partial charge in [0.15, 0.2) is 10.2 Å². The van der Waals surface area contributed by atoms with Crippen molar-refractivity contribution in [2.45, 2.75) is 32.6 Å². The van der Waals surface area contributed by atoms with Crippen molar-refractivity contribution in [1.29, 1.82) is 0 Å². The molecule has 0 aliphatic carbocycles. The van der Waals surface area contributed by atoms with Gasteiger partial charge in [0.1, 0.15) is 0 Å². The number of hydrogen-bond donors (Lipinski definition) is 4. The Bertz CT molecular complexity index is 550. The molecule has 132 valence electrons. The fourth-order valence-corrected chi connectivity index (χ4v) is 2.15. The van der Waals surface area contributed by atoms with Crippen molar-refractivity contribution in [2.75, 3.05) is 19.0 Å².